The van der Waals surface area contributed by atoms with Crippen LogP contribution in [0.4, 0.5) is 0 Å². The predicted octanol–water partition coefficient (Wildman–Crippen LogP) is 2.21. The summed E-state index contributed by atoms with van der Waals surface area (Å²) in [6.07, 6.45) is 2.38. The molecule has 0 bridgehead atoms. The summed E-state index contributed by atoms with van der Waals surface area (Å²) in [5.41, 5.74) is 1.13. The number of rotatable bonds is 1. The van der Waals surface area contributed by atoms with Crippen LogP contribution >= 0.6 is 0 Å². The van der Waals surface area contributed by atoms with Crippen LogP contribution in [0.2, 0.25) is 0 Å². The number of carbonyl (C=O) groups is 1. The van der Waals surface area contributed by atoms with Crippen LogP contribution in [0.5, 0.6) is 0 Å². The van der Waals surface area contributed by atoms with E-state index >= 15 is 0 Å². The normalized spacial score (nSPS) is 37.8. The van der Waals surface area contributed by atoms with Gasteiger partial charge in [0.25, 0.3) is 0 Å². The Morgan fingerprint density at radius 2 is 2.00 bits per heavy atom. The van der Waals surface area contributed by atoms with E-state index in [1.807, 2.05) is 20.8 Å². The van der Waals surface area contributed by atoms with Crippen molar-refractivity contribution in [3.05, 3.63) is 11.1 Å². The van der Waals surface area contributed by atoms with E-state index in [2.05, 4.69) is 6.92 Å². The second kappa shape index (κ2) is 4.17. The van der Waals surface area contributed by atoms with E-state index in [0.717, 1.165) is 30.4 Å². The SMILES string of the molecule is CC1=C2C[C@H](C(C)(C)O)CC[C@@]2(C)C[C@@H](O)C1=O. The average molecular weight is 252 g/mol. The first kappa shape index (κ1) is 13.8. The number of hydrogen-bond acceptors (Lipinski definition) is 3. The monoisotopic (exact) mass is 252 g/mol. The Bertz CT molecular complexity index is 402. The first-order chi connectivity index (χ1) is 8.15. The summed E-state index contributed by atoms with van der Waals surface area (Å²) in [6.45, 7) is 7.65. The smallest absolute Gasteiger partial charge is 0.186 e. The maximum absolute atomic E-state index is 11.9. The van der Waals surface area contributed by atoms with E-state index in [0.29, 0.717) is 6.42 Å². The minimum atomic E-state index is -0.836. The molecule has 2 rings (SSSR count). The molecule has 3 atom stereocenters. The van der Waals surface area contributed by atoms with Crippen molar-refractivity contribution >= 4 is 5.78 Å². The maximum atomic E-state index is 11.9. The van der Waals surface area contributed by atoms with Crippen LogP contribution in [0, 0.1) is 11.3 Å². The Balaban J connectivity index is 2.36. The molecule has 3 heteroatoms. The fourth-order valence-electron chi connectivity index (χ4n) is 3.59. The molecule has 102 valence electrons. The zero-order valence-corrected chi connectivity index (χ0v) is 11.8. The Labute approximate surface area is 109 Å². The molecule has 0 radical (unpaired) electrons. The molecule has 0 heterocycles. The minimum absolute atomic E-state index is 0.0564. The van der Waals surface area contributed by atoms with Crippen molar-refractivity contribution in [3.63, 3.8) is 0 Å². The van der Waals surface area contributed by atoms with E-state index in [1.54, 1.807) is 0 Å². The largest absolute Gasteiger partial charge is 0.390 e. The third-order valence-corrected chi connectivity index (χ3v) is 4.99. The lowest BCUT2D eigenvalue weighted by atomic mass is 9.59. The lowest BCUT2D eigenvalue weighted by Crippen LogP contribution is -2.44. The fourth-order valence-corrected chi connectivity index (χ4v) is 3.59. The third kappa shape index (κ3) is 2.14. The number of carbonyl (C=O) groups excluding carboxylic acids is 1. The van der Waals surface area contributed by atoms with Gasteiger partial charge in [-0.3, -0.25) is 4.79 Å². The number of aliphatic hydroxyl groups is 2. The highest BCUT2D eigenvalue weighted by atomic mass is 16.3. The zero-order valence-electron chi connectivity index (χ0n) is 11.8. The van der Waals surface area contributed by atoms with Crippen molar-refractivity contribution in [1.29, 1.82) is 0 Å². The first-order valence-corrected chi connectivity index (χ1v) is 6.80. The molecule has 2 aliphatic rings. The Morgan fingerprint density at radius 1 is 1.39 bits per heavy atom. The molecule has 18 heavy (non-hydrogen) atoms. The summed E-state index contributed by atoms with van der Waals surface area (Å²) in [4.78, 5) is 11.9. The number of aliphatic hydroxyl groups excluding tert-OH is 1. The quantitative estimate of drug-likeness (QED) is 0.752. The molecule has 0 unspecified atom stereocenters. The van der Waals surface area contributed by atoms with Crippen LogP contribution in [-0.2, 0) is 4.79 Å². The molecule has 1 fully saturated rings. The van der Waals surface area contributed by atoms with Crippen LogP contribution in [0.1, 0.15) is 53.4 Å². The fraction of sp³-hybridized carbons (Fsp3) is 0.800. The van der Waals surface area contributed by atoms with E-state index in [4.69, 9.17) is 0 Å². The van der Waals surface area contributed by atoms with Crippen LogP contribution in [-0.4, -0.2) is 27.7 Å². The molecule has 0 saturated heterocycles. The molecular formula is C15H24O3. The number of ketones is 1. The van der Waals surface area contributed by atoms with E-state index in [-0.39, 0.29) is 17.1 Å². The molecule has 0 spiro atoms. The van der Waals surface area contributed by atoms with Gasteiger partial charge in [-0.2, -0.15) is 0 Å². The molecule has 0 aromatic rings. The number of fused-ring (bicyclic) bond motifs is 1. The van der Waals surface area contributed by atoms with E-state index in [9.17, 15) is 15.0 Å². The summed E-state index contributed by atoms with van der Waals surface area (Å²) >= 11 is 0. The lowest BCUT2D eigenvalue weighted by Gasteiger charge is -2.47. The van der Waals surface area contributed by atoms with Gasteiger partial charge >= 0.3 is 0 Å². The van der Waals surface area contributed by atoms with Crippen molar-refractivity contribution in [2.45, 2.75) is 65.1 Å². The van der Waals surface area contributed by atoms with Crippen molar-refractivity contribution in [1.82, 2.24) is 0 Å². The van der Waals surface area contributed by atoms with Gasteiger partial charge in [0.1, 0.15) is 6.10 Å². The van der Waals surface area contributed by atoms with Gasteiger partial charge in [0.2, 0.25) is 0 Å². The van der Waals surface area contributed by atoms with E-state index in [1.165, 1.54) is 0 Å². The standard InChI is InChI=1S/C15H24O3/c1-9-11-7-10(14(2,3)18)5-6-15(11,4)8-12(16)13(9)17/h10,12,16,18H,5-8H2,1-4H3/t10-,12-,15+/m1/s1. The second-order valence-corrected chi connectivity index (χ2v) is 6.84. The van der Waals surface area contributed by atoms with Crippen LogP contribution in [0.3, 0.4) is 0 Å². The van der Waals surface area contributed by atoms with Gasteiger partial charge in [-0.25, -0.2) is 0 Å². The van der Waals surface area contributed by atoms with Gasteiger partial charge in [0.15, 0.2) is 5.78 Å². The third-order valence-electron chi connectivity index (χ3n) is 4.99. The van der Waals surface area contributed by atoms with Crippen molar-refractivity contribution < 1.29 is 15.0 Å². The Kier molecular flexibility index (Phi) is 3.19. The van der Waals surface area contributed by atoms with Gasteiger partial charge in [-0.05, 0) is 63.4 Å². The summed E-state index contributed by atoms with van der Waals surface area (Å²) in [5, 5.41) is 20.0. The average Bonchev–Trinajstić information content (AvgIpc) is 2.24. The highest BCUT2D eigenvalue weighted by molar-refractivity contribution is 6.00. The molecule has 2 N–H and O–H groups in total. The van der Waals surface area contributed by atoms with Gasteiger partial charge in [0.05, 0.1) is 5.60 Å². The van der Waals surface area contributed by atoms with Crippen molar-refractivity contribution in [2.24, 2.45) is 11.3 Å². The molecule has 0 aromatic heterocycles. The number of allylic oxidation sites excluding steroid dienone is 1. The molecule has 0 aromatic carbocycles. The Hall–Kier alpha value is -0.670. The number of Topliss-reactive ketones (excluding diaryl/α,β-unsaturated/α-hetero) is 1. The Morgan fingerprint density at radius 3 is 2.56 bits per heavy atom. The van der Waals surface area contributed by atoms with Crippen molar-refractivity contribution in [3.8, 4) is 0 Å². The highest BCUT2D eigenvalue weighted by Gasteiger charge is 2.46. The minimum Gasteiger partial charge on any atom is -0.390 e. The molecule has 3 nitrogen and oxygen atoms in total. The summed E-state index contributed by atoms with van der Waals surface area (Å²) in [5.74, 6) is 0.0810. The highest BCUT2D eigenvalue weighted by Crippen LogP contribution is 2.52. The number of hydrogen-bond donors (Lipinski definition) is 2. The van der Waals surface area contributed by atoms with Gasteiger partial charge in [-0.15, -0.1) is 0 Å². The van der Waals surface area contributed by atoms with Crippen LogP contribution < -0.4 is 0 Å². The molecule has 0 amide bonds. The van der Waals surface area contributed by atoms with Crippen LogP contribution in [0.15, 0.2) is 11.1 Å². The summed E-state index contributed by atoms with van der Waals surface area (Å²) < 4.78 is 0. The summed E-state index contributed by atoms with van der Waals surface area (Å²) in [7, 11) is 0. The summed E-state index contributed by atoms with van der Waals surface area (Å²) in [6, 6.07) is 0. The predicted molar refractivity (Wildman–Crippen MR) is 70.1 cm³/mol. The maximum Gasteiger partial charge on any atom is 0.186 e. The second-order valence-electron chi connectivity index (χ2n) is 6.84. The van der Waals surface area contributed by atoms with E-state index < -0.39 is 11.7 Å². The van der Waals surface area contributed by atoms with Gasteiger partial charge < -0.3 is 10.2 Å². The topological polar surface area (TPSA) is 57.5 Å². The van der Waals surface area contributed by atoms with Crippen LogP contribution in [0.25, 0.3) is 0 Å². The van der Waals surface area contributed by atoms with Gasteiger partial charge in [0, 0.05) is 0 Å². The van der Waals surface area contributed by atoms with Gasteiger partial charge in [-0.1, -0.05) is 12.5 Å². The zero-order chi connectivity index (χ0) is 13.7. The molecular weight excluding hydrogens is 228 g/mol. The molecule has 1 saturated carbocycles. The lowest BCUT2D eigenvalue weighted by molar-refractivity contribution is -0.126. The first-order valence-electron chi connectivity index (χ1n) is 6.80. The molecule has 2 aliphatic carbocycles. The molecule has 0 aliphatic heterocycles. The van der Waals surface area contributed by atoms with Crippen molar-refractivity contribution in [2.75, 3.05) is 0 Å².